The Morgan fingerprint density at radius 2 is 1.03 bits per heavy atom. The Morgan fingerprint density at radius 3 is 1.53 bits per heavy atom. The Balaban J connectivity index is 0.931. The van der Waals surface area contributed by atoms with Crippen LogP contribution in [-0.2, 0) is 47.8 Å². The van der Waals surface area contributed by atoms with Crippen LogP contribution < -0.4 is 39.3 Å². The van der Waals surface area contributed by atoms with Crippen molar-refractivity contribution in [2.24, 2.45) is 23.7 Å². The molecule has 1 unspecified atom stereocenters. The van der Waals surface area contributed by atoms with E-state index in [0.717, 1.165) is 29.6 Å². The maximum atomic E-state index is 13.7. The maximum Gasteiger partial charge on any atom is 0.333 e. The predicted molar refractivity (Wildman–Crippen MR) is 275 cm³/mol. The summed E-state index contributed by atoms with van der Waals surface area (Å²) in [5.41, 5.74) is 6.48. The third-order valence-corrected chi connectivity index (χ3v) is 13.2. The van der Waals surface area contributed by atoms with Gasteiger partial charge in [-0.3, -0.25) is 40.1 Å². The average molecular weight is 1080 g/mol. The number of fused-ring (bicyclic) bond motifs is 1. The normalized spacial score (nSPS) is 17.1. The summed E-state index contributed by atoms with van der Waals surface area (Å²) < 4.78 is 49.5. The van der Waals surface area contributed by atoms with Crippen molar-refractivity contribution in [1.29, 1.82) is 0 Å². The van der Waals surface area contributed by atoms with Crippen molar-refractivity contribution in [3.8, 4) is 34.5 Å². The molecule has 0 saturated heterocycles. The Bertz CT molecular complexity index is 2980. The van der Waals surface area contributed by atoms with Gasteiger partial charge in [0.2, 0.25) is 11.9 Å². The molecule has 0 aliphatic heterocycles. The largest absolute Gasteiger partial charge is 0.490 e. The first-order valence-electron chi connectivity index (χ1n) is 24.1. The van der Waals surface area contributed by atoms with E-state index in [1.165, 1.54) is 48.5 Å². The van der Waals surface area contributed by atoms with E-state index in [0.29, 0.717) is 79.0 Å². The third-order valence-electron chi connectivity index (χ3n) is 12.2. The molecule has 0 amide bonds. The molecular weight excluding hydrogens is 1020 g/mol. The summed E-state index contributed by atoms with van der Waals surface area (Å²) in [6.07, 6.45) is 4.80. The number of nitrogens with zero attached hydrogens (tertiary/aromatic N) is 2. The van der Waals surface area contributed by atoms with E-state index in [4.69, 9.17) is 42.6 Å². The summed E-state index contributed by atoms with van der Waals surface area (Å²) in [6.45, 7) is 9.25. The second-order valence-corrected chi connectivity index (χ2v) is 18.4. The van der Waals surface area contributed by atoms with Crippen molar-refractivity contribution in [1.82, 2.24) is 4.98 Å². The van der Waals surface area contributed by atoms with Crippen LogP contribution in [0, 0.1) is 33.8 Å². The van der Waals surface area contributed by atoms with Crippen molar-refractivity contribution in [3.05, 3.63) is 133 Å². The van der Waals surface area contributed by atoms with Gasteiger partial charge in [-0.25, -0.2) is 19.4 Å². The van der Waals surface area contributed by atoms with Crippen molar-refractivity contribution in [2.75, 3.05) is 30.9 Å². The molecule has 1 atom stereocenters. The van der Waals surface area contributed by atoms with Crippen LogP contribution in [0.1, 0.15) is 51.4 Å². The fraction of sp³-hybridized carbons (Fsp3) is 0.296. The van der Waals surface area contributed by atoms with Gasteiger partial charge in [-0.2, -0.15) is 0 Å². The Morgan fingerprint density at radius 1 is 0.571 bits per heavy atom. The highest BCUT2D eigenvalue weighted by Crippen LogP contribution is 2.41. The highest BCUT2D eigenvalue weighted by molar-refractivity contribution is 7.22. The summed E-state index contributed by atoms with van der Waals surface area (Å²) in [5, 5.41) is 11.5. The molecule has 2 saturated carbocycles. The van der Waals surface area contributed by atoms with Gasteiger partial charge in [0.15, 0.2) is 17.6 Å². The van der Waals surface area contributed by atoms with Gasteiger partial charge in [0, 0.05) is 30.4 Å². The van der Waals surface area contributed by atoms with Gasteiger partial charge >= 0.3 is 41.8 Å². The molecule has 22 nitrogen and oxygen atoms in total. The van der Waals surface area contributed by atoms with Crippen LogP contribution in [0.4, 0.5) is 16.5 Å². The van der Waals surface area contributed by atoms with Crippen LogP contribution in [0.5, 0.6) is 34.5 Å². The van der Waals surface area contributed by atoms with Crippen LogP contribution in [0.3, 0.4) is 0 Å². The number of hydrazine groups is 1. The number of anilines is 2. The molecule has 2 fully saturated rings. The molecule has 7 rings (SSSR count). The number of non-ortho nitro benzene ring substituents is 1. The van der Waals surface area contributed by atoms with Crippen LogP contribution >= 0.6 is 11.3 Å². The van der Waals surface area contributed by atoms with Crippen molar-refractivity contribution < 1.29 is 81.1 Å². The number of hydrogen-bond donors (Lipinski definition) is 2. The lowest BCUT2D eigenvalue weighted by atomic mass is 9.82. The van der Waals surface area contributed by atoms with Crippen molar-refractivity contribution in [2.45, 2.75) is 57.5 Å². The molecule has 2 N–H and O–H groups in total. The summed E-state index contributed by atoms with van der Waals surface area (Å²) >= 11 is 1.09. The lowest BCUT2D eigenvalue weighted by Crippen LogP contribution is -2.30. The molecule has 2 aliphatic rings. The number of ether oxygens (including phenoxy) is 9. The molecule has 23 heteroatoms. The quantitative estimate of drug-likeness (QED) is 0.0111. The monoisotopic (exact) mass is 1080 g/mol. The fourth-order valence-electron chi connectivity index (χ4n) is 8.05. The number of nitro benzene ring substituents is 1. The highest BCUT2D eigenvalue weighted by Gasteiger charge is 2.35. The average Bonchev–Trinajstić information content (AvgIpc) is 3.92. The smallest absolute Gasteiger partial charge is 0.333 e. The molecule has 0 radical (unpaired) electrons. The molecular formula is C54H52N4O18S. The third kappa shape index (κ3) is 15.9. The number of esters is 7. The zero-order valence-electron chi connectivity index (χ0n) is 41.3. The number of nitro groups is 1. The molecule has 1 aromatic heterocycles. The van der Waals surface area contributed by atoms with Gasteiger partial charge in [0.1, 0.15) is 46.4 Å². The summed E-state index contributed by atoms with van der Waals surface area (Å²) in [4.78, 5) is 103. The molecule has 77 heavy (non-hydrogen) atoms. The second kappa shape index (κ2) is 26.9. The van der Waals surface area contributed by atoms with Gasteiger partial charge in [0.05, 0.1) is 34.3 Å². The molecule has 0 bridgehead atoms. The van der Waals surface area contributed by atoms with Crippen LogP contribution in [-0.4, -0.2) is 77.8 Å². The van der Waals surface area contributed by atoms with E-state index >= 15 is 0 Å². The lowest BCUT2D eigenvalue weighted by Gasteiger charge is -2.26. The zero-order valence-corrected chi connectivity index (χ0v) is 42.1. The standard InChI is InChI=1S/C54H52N4O18S/c1-4-45(59)69-30-42(72-47(61)6-3)29-68-38-19-23-40(24-20-38)73-50(62)32-7-11-34(12-8-32)52(64)75-43-27-28-44(49-48(43)55-54(77-49)57-56-36-15-17-37(18-16-36)58(66)67)76-53(65)35-13-9-33(10-14-35)51(63)74-41-25-21-39(22-26-41)70-31-71-46(60)5-2/h4-6,15-28,32-35,42,56H,1-3,7-14,29-31H2,(H,55,57). The van der Waals surface area contributed by atoms with Crippen LogP contribution in [0.15, 0.2) is 123 Å². The van der Waals surface area contributed by atoms with E-state index < -0.39 is 76.5 Å². The number of carbonyl (C=O) groups is 7. The number of aromatic nitrogens is 1. The van der Waals surface area contributed by atoms with E-state index in [9.17, 15) is 43.7 Å². The number of rotatable bonds is 24. The van der Waals surface area contributed by atoms with Crippen LogP contribution in [0.2, 0.25) is 0 Å². The Kier molecular flexibility index (Phi) is 19.4. The maximum absolute atomic E-state index is 13.7. The van der Waals surface area contributed by atoms with Crippen molar-refractivity contribution >= 4 is 79.8 Å². The Labute approximate surface area is 444 Å². The summed E-state index contributed by atoms with van der Waals surface area (Å²) in [7, 11) is 0. The summed E-state index contributed by atoms with van der Waals surface area (Å²) in [5.74, 6) is -4.57. The lowest BCUT2D eigenvalue weighted by molar-refractivity contribution is -0.384. The molecule has 1 heterocycles. The zero-order chi connectivity index (χ0) is 54.8. The first-order valence-corrected chi connectivity index (χ1v) is 24.9. The minimum atomic E-state index is -0.936. The van der Waals surface area contributed by atoms with Crippen molar-refractivity contribution in [3.63, 3.8) is 0 Å². The first-order chi connectivity index (χ1) is 37.2. The number of hydrogen-bond acceptors (Lipinski definition) is 22. The number of nitrogens with one attached hydrogen (secondary N) is 2. The first kappa shape index (κ1) is 55.6. The van der Waals surface area contributed by atoms with Gasteiger partial charge in [-0.15, -0.1) is 0 Å². The van der Waals surface area contributed by atoms with Gasteiger partial charge in [-0.05, 0) is 124 Å². The highest BCUT2D eigenvalue weighted by atomic mass is 32.1. The second-order valence-electron chi connectivity index (χ2n) is 17.4. The summed E-state index contributed by atoms with van der Waals surface area (Å²) in [6, 6.07) is 21.0. The van der Waals surface area contributed by atoms with Gasteiger partial charge < -0.3 is 42.6 Å². The number of carbonyl (C=O) groups excluding carboxylic acids is 7. The van der Waals surface area contributed by atoms with Gasteiger partial charge in [0.25, 0.3) is 5.69 Å². The molecule has 0 spiro atoms. The fourth-order valence-corrected chi connectivity index (χ4v) is 8.94. The Hall–Kier alpha value is -9.12. The van der Waals surface area contributed by atoms with Crippen LogP contribution in [0.25, 0.3) is 10.2 Å². The minimum Gasteiger partial charge on any atom is -0.490 e. The minimum absolute atomic E-state index is 0.0954. The molecule has 2 aliphatic carbocycles. The number of benzene rings is 4. The SMILES string of the molecule is C=CC(=O)OCOc1ccc(OC(=O)C2CCC(C(=O)Oc3ccc(OC(=O)C4CCC(C(=O)Oc5ccc(OCC(COC(=O)C=C)OC(=O)C=C)cc5)CC4)c4nc(NNc5ccc([N+](=O)[O-])cc5)sc34)CC2)cc1. The van der Waals surface area contributed by atoms with E-state index in [2.05, 4.69) is 35.6 Å². The predicted octanol–water partition coefficient (Wildman–Crippen LogP) is 8.55. The van der Waals surface area contributed by atoms with E-state index in [1.807, 2.05) is 0 Å². The topological polar surface area (TPSA) is 283 Å². The molecule has 402 valence electrons. The molecule has 5 aromatic rings. The van der Waals surface area contributed by atoms with Gasteiger partial charge in [-0.1, -0.05) is 31.1 Å². The van der Waals surface area contributed by atoms with E-state index in [1.54, 1.807) is 36.4 Å². The van der Waals surface area contributed by atoms with E-state index in [-0.39, 0.29) is 53.6 Å². The molecule has 4 aromatic carbocycles. The number of thiazole rings is 1.